The summed E-state index contributed by atoms with van der Waals surface area (Å²) in [5, 5.41) is 18.0. The summed E-state index contributed by atoms with van der Waals surface area (Å²) in [4.78, 5) is 24.3. The summed E-state index contributed by atoms with van der Waals surface area (Å²) < 4.78 is 0. The molecule has 8 nitrogen and oxygen atoms in total. The second kappa shape index (κ2) is 4.57. The molecule has 2 aromatic rings. The minimum absolute atomic E-state index is 0.0153. The van der Waals surface area contributed by atoms with E-state index in [2.05, 4.69) is 10.2 Å². The average Bonchev–Trinajstić information content (AvgIpc) is 3.03. The minimum atomic E-state index is -0.494. The van der Waals surface area contributed by atoms with Crippen LogP contribution >= 0.6 is 0 Å². The summed E-state index contributed by atoms with van der Waals surface area (Å²) in [6, 6.07) is 4.27. The van der Waals surface area contributed by atoms with Gasteiger partial charge in [0.1, 0.15) is 0 Å². The fraction of sp³-hybridized carbons (Fsp3) is 0.333. The molecule has 1 amide bonds. The van der Waals surface area contributed by atoms with Crippen LogP contribution in [0.3, 0.4) is 0 Å². The molecule has 104 valence electrons. The number of nitro groups is 1. The third kappa shape index (κ3) is 1.99. The molecule has 20 heavy (non-hydrogen) atoms. The molecule has 1 atom stereocenters. The zero-order valence-electron chi connectivity index (χ0n) is 10.6. The lowest BCUT2D eigenvalue weighted by Gasteiger charge is -2.13. The van der Waals surface area contributed by atoms with E-state index in [0.29, 0.717) is 24.0 Å². The molecule has 1 aliphatic rings. The zero-order valence-corrected chi connectivity index (χ0v) is 10.6. The van der Waals surface area contributed by atoms with Gasteiger partial charge in [0, 0.05) is 36.7 Å². The number of fused-ring (bicyclic) bond motifs is 1. The van der Waals surface area contributed by atoms with E-state index < -0.39 is 4.92 Å². The Balaban J connectivity index is 2.00. The Labute approximate surface area is 113 Å². The summed E-state index contributed by atoms with van der Waals surface area (Å²) >= 11 is 0. The van der Waals surface area contributed by atoms with Gasteiger partial charge in [-0.2, -0.15) is 5.10 Å². The monoisotopic (exact) mass is 275 g/mol. The minimum Gasteiger partial charge on any atom is -0.336 e. The Morgan fingerprint density at radius 2 is 2.35 bits per heavy atom. The van der Waals surface area contributed by atoms with E-state index in [1.165, 1.54) is 12.1 Å². The molecule has 2 heterocycles. The lowest BCUT2D eigenvalue weighted by molar-refractivity contribution is -0.384. The number of benzene rings is 1. The average molecular weight is 275 g/mol. The number of H-pyrrole nitrogens is 1. The van der Waals surface area contributed by atoms with Gasteiger partial charge in [-0.1, -0.05) is 0 Å². The molecule has 1 aliphatic heterocycles. The predicted molar refractivity (Wildman–Crippen MR) is 71.2 cm³/mol. The zero-order chi connectivity index (χ0) is 14.3. The van der Waals surface area contributed by atoms with Gasteiger partial charge < -0.3 is 10.6 Å². The fourth-order valence-corrected chi connectivity index (χ4v) is 2.40. The highest BCUT2D eigenvalue weighted by Crippen LogP contribution is 2.23. The standard InChI is InChI=1S/C12H13N5O3/c13-7-3-4-16(6-7)12(18)11-9-5-8(17(19)20)1-2-10(9)14-15-11/h1-2,5,7H,3-4,6,13H2,(H,14,15)/t7-/m1/s1. The lowest BCUT2D eigenvalue weighted by Crippen LogP contribution is -2.32. The molecule has 0 spiro atoms. The van der Waals surface area contributed by atoms with Crippen molar-refractivity contribution >= 4 is 22.5 Å². The number of nitrogens with one attached hydrogen (secondary N) is 1. The first-order valence-corrected chi connectivity index (χ1v) is 6.23. The molecule has 8 heteroatoms. The van der Waals surface area contributed by atoms with Gasteiger partial charge in [0.25, 0.3) is 11.6 Å². The summed E-state index contributed by atoms with van der Waals surface area (Å²) in [5.41, 5.74) is 6.52. The molecule has 0 unspecified atom stereocenters. The Kier molecular flexibility index (Phi) is 2.87. The van der Waals surface area contributed by atoms with Crippen molar-refractivity contribution in [2.24, 2.45) is 5.73 Å². The van der Waals surface area contributed by atoms with Crippen molar-refractivity contribution in [1.29, 1.82) is 0 Å². The largest absolute Gasteiger partial charge is 0.336 e. The Bertz CT molecular complexity index is 695. The number of rotatable bonds is 2. The smallest absolute Gasteiger partial charge is 0.275 e. The normalized spacial score (nSPS) is 18.6. The molecule has 1 aromatic heterocycles. The SMILES string of the molecule is N[C@@H]1CCN(C(=O)c2n[nH]c3ccc([N+](=O)[O-])cc23)C1. The molecule has 1 fully saturated rings. The number of hydrogen-bond donors (Lipinski definition) is 2. The number of aromatic amines is 1. The van der Waals surface area contributed by atoms with Crippen molar-refractivity contribution in [1.82, 2.24) is 15.1 Å². The van der Waals surface area contributed by atoms with Gasteiger partial charge in [-0.05, 0) is 12.5 Å². The number of non-ortho nitro benzene ring substituents is 1. The van der Waals surface area contributed by atoms with Gasteiger partial charge >= 0.3 is 0 Å². The van der Waals surface area contributed by atoms with Crippen molar-refractivity contribution in [2.75, 3.05) is 13.1 Å². The van der Waals surface area contributed by atoms with Gasteiger partial charge in [0.2, 0.25) is 0 Å². The molecule has 0 saturated carbocycles. The van der Waals surface area contributed by atoms with Crippen LogP contribution < -0.4 is 5.73 Å². The van der Waals surface area contributed by atoms with Crippen LogP contribution in [-0.4, -0.2) is 45.1 Å². The summed E-state index contributed by atoms with van der Waals surface area (Å²) in [6.07, 6.45) is 0.758. The number of carbonyl (C=O) groups is 1. The highest BCUT2D eigenvalue weighted by atomic mass is 16.6. The van der Waals surface area contributed by atoms with E-state index in [0.717, 1.165) is 6.42 Å². The topological polar surface area (TPSA) is 118 Å². The van der Waals surface area contributed by atoms with Crippen molar-refractivity contribution in [3.63, 3.8) is 0 Å². The maximum Gasteiger partial charge on any atom is 0.275 e. The van der Waals surface area contributed by atoms with Crippen LogP contribution in [0.2, 0.25) is 0 Å². The van der Waals surface area contributed by atoms with Crippen LogP contribution in [0, 0.1) is 10.1 Å². The maximum atomic E-state index is 12.4. The molecule has 0 bridgehead atoms. The number of likely N-dealkylation sites (tertiary alicyclic amines) is 1. The highest BCUT2D eigenvalue weighted by Gasteiger charge is 2.27. The molecule has 0 radical (unpaired) electrons. The Morgan fingerprint density at radius 1 is 1.55 bits per heavy atom. The van der Waals surface area contributed by atoms with Crippen LogP contribution in [0.1, 0.15) is 16.9 Å². The number of nitrogens with zero attached hydrogens (tertiary/aromatic N) is 3. The van der Waals surface area contributed by atoms with Gasteiger partial charge in [-0.15, -0.1) is 0 Å². The van der Waals surface area contributed by atoms with Crippen molar-refractivity contribution in [3.05, 3.63) is 34.0 Å². The van der Waals surface area contributed by atoms with Gasteiger partial charge in [0.05, 0.1) is 10.4 Å². The van der Waals surface area contributed by atoms with E-state index in [-0.39, 0.29) is 23.3 Å². The van der Waals surface area contributed by atoms with Gasteiger partial charge in [-0.25, -0.2) is 0 Å². The second-order valence-corrected chi connectivity index (χ2v) is 4.86. The number of nitro benzene ring substituents is 1. The van der Waals surface area contributed by atoms with Crippen LogP contribution in [0.4, 0.5) is 5.69 Å². The van der Waals surface area contributed by atoms with Crippen LogP contribution in [0.5, 0.6) is 0 Å². The van der Waals surface area contributed by atoms with Gasteiger partial charge in [-0.3, -0.25) is 20.0 Å². The molecule has 0 aliphatic carbocycles. The van der Waals surface area contributed by atoms with Gasteiger partial charge in [0.15, 0.2) is 5.69 Å². The first-order chi connectivity index (χ1) is 9.56. The molecule has 1 aromatic carbocycles. The number of nitrogens with two attached hydrogens (primary N) is 1. The molecular weight excluding hydrogens is 262 g/mol. The molecule has 3 rings (SSSR count). The second-order valence-electron chi connectivity index (χ2n) is 4.86. The first kappa shape index (κ1) is 12.5. The van der Waals surface area contributed by atoms with E-state index in [1.54, 1.807) is 11.0 Å². The molecular formula is C12H13N5O3. The fourth-order valence-electron chi connectivity index (χ4n) is 2.40. The van der Waals surface area contributed by atoms with Crippen LogP contribution in [0.25, 0.3) is 10.9 Å². The summed E-state index contributed by atoms with van der Waals surface area (Å²) in [5.74, 6) is -0.246. The van der Waals surface area contributed by atoms with E-state index in [9.17, 15) is 14.9 Å². The first-order valence-electron chi connectivity index (χ1n) is 6.23. The number of carbonyl (C=O) groups excluding carboxylic acids is 1. The Morgan fingerprint density at radius 3 is 3.00 bits per heavy atom. The summed E-state index contributed by atoms with van der Waals surface area (Å²) in [7, 11) is 0. The van der Waals surface area contributed by atoms with E-state index >= 15 is 0 Å². The van der Waals surface area contributed by atoms with Crippen molar-refractivity contribution in [2.45, 2.75) is 12.5 Å². The predicted octanol–water partition coefficient (Wildman–Crippen LogP) is 0.644. The van der Waals surface area contributed by atoms with Crippen molar-refractivity contribution in [3.8, 4) is 0 Å². The Hall–Kier alpha value is -2.48. The van der Waals surface area contributed by atoms with Crippen molar-refractivity contribution < 1.29 is 9.72 Å². The molecule has 1 saturated heterocycles. The third-order valence-corrected chi connectivity index (χ3v) is 3.47. The third-order valence-electron chi connectivity index (χ3n) is 3.47. The summed E-state index contributed by atoms with van der Waals surface area (Å²) in [6.45, 7) is 1.07. The number of hydrogen-bond acceptors (Lipinski definition) is 5. The number of amides is 1. The molecule has 3 N–H and O–H groups in total. The lowest BCUT2D eigenvalue weighted by atomic mass is 10.2. The van der Waals surface area contributed by atoms with Crippen LogP contribution in [0.15, 0.2) is 18.2 Å². The highest BCUT2D eigenvalue weighted by molar-refractivity contribution is 6.05. The van der Waals surface area contributed by atoms with E-state index in [4.69, 9.17) is 5.73 Å². The maximum absolute atomic E-state index is 12.4. The van der Waals surface area contributed by atoms with E-state index in [1.807, 2.05) is 0 Å². The quantitative estimate of drug-likeness (QED) is 0.616. The number of aromatic nitrogens is 2. The van der Waals surface area contributed by atoms with Crippen LogP contribution in [-0.2, 0) is 0 Å².